The number of piperazine rings is 1. The Morgan fingerprint density at radius 2 is 1.94 bits per heavy atom. The van der Waals surface area contributed by atoms with Gasteiger partial charge in [-0.05, 0) is 39.1 Å². The van der Waals surface area contributed by atoms with Crippen LogP contribution >= 0.6 is 0 Å². The number of hydrogen-bond acceptors (Lipinski definition) is 6. The van der Waals surface area contributed by atoms with E-state index >= 15 is 0 Å². The molecule has 31 heavy (non-hydrogen) atoms. The molecule has 0 aliphatic carbocycles. The minimum absolute atomic E-state index is 0.162. The Bertz CT molecular complexity index is 1070. The van der Waals surface area contributed by atoms with Crippen molar-refractivity contribution in [3.63, 3.8) is 0 Å². The maximum Gasteiger partial charge on any atom is 0.262 e. The zero-order valence-corrected chi connectivity index (χ0v) is 17.9. The van der Waals surface area contributed by atoms with Gasteiger partial charge in [0.15, 0.2) is 5.84 Å². The maximum absolute atomic E-state index is 14.8. The lowest BCUT2D eigenvalue weighted by Crippen LogP contribution is -2.55. The van der Waals surface area contributed by atoms with Gasteiger partial charge in [-0.25, -0.2) is 9.82 Å². The number of hydrazone groups is 1. The molecule has 162 valence electrons. The molecular formula is C23H26FN5O2. The molecule has 3 aliphatic heterocycles. The fourth-order valence-corrected chi connectivity index (χ4v) is 4.48. The number of nitrogens with one attached hydrogen (secondary N) is 1. The highest BCUT2D eigenvalue weighted by Crippen LogP contribution is 2.44. The van der Waals surface area contributed by atoms with Gasteiger partial charge in [-0.15, -0.1) is 0 Å². The Morgan fingerprint density at radius 3 is 2.71 bits per heavy atom. The number of nitrogens with zero attached hydrogens (tertiary/aromatic N) is 4. The molecule has 3 aliphatic rings. The molecule has 7 nitrogen and oxygen atoms in total. The first-order chi connectivity index (χ1) is 14.9. The van der Waals surface area contributed by atoms with Gasteiger partial charge in [0.1, 0.15) is 24.2 Å². The average molecular weight is 423 g/mol. The molecule has 2 aromatic carbocycles. The van der Waals surface area contributed by atoms with Crippen molar-refractivity contribution in [2.45, 2.75) is 25.9 Å². The number of carbonyl (C=O) groups excluding carboxylic acids is 1. The largest absolute Gasteiger partial charge is 0.483 e. The molecule has 1 N–H and O–H groups in total. The van der Waals surface area contributed by atoms with Gasteiger partial charge in [0.25, 0.3) is 5.91 Å². The van der Waals surface area contributed by atoms with E-state index in [0.29, 0.717) is 23.2 Å². The Labute approximate surface area is 181 Å². The summed E-state index contributed by atoms with van der Waals surface area (Å²) < 4.78 is 20.8. The van der Waals surface area contributed by atoms with Crippen LogP contribution in [0.25, 0.3) is 11.1 Å². The molecule has 1 amide bonds. The first-order valence-electron chi connectivity index (χ1n) is 10.6. The molecule has 2 atom stereocenters. The normalized spacial score (nSPS) is 23.5. The van der Waals surface area contributed by atoms with Gasteiger partial charge >= 0.3 is 0 Å². The van der Waals surface area contributed by atoms with Crippen molar-refractivity contribution in [2.24, 2.45) is 5.10 Å². The zero-order valence-electron chi connectivity index (χ0n) is 17.9. The number of halogens is 1. The number of benzene rings is 2. The summed E-state index contributed by atoms with van der Waals surface area (Å²) in [7, 11) is 2.12. The Morgan fingerprint density at radius 1 is 1.13 bits per heavy atom. The summed E-state index contributed by atoms with van der Waals surface area (Å²) in [4.78, 5) is 18.8. The number of likely N-dealkylation sites (N-methyl/N-ethyl adjacent to an activating group) is 1. The third kappa shape index (κ3) is 3.31. The van der Waals surface area contributed by atoms with Gasteiger partial charge in [0, 0.05) is 42.5 Å². The van der Waals surface area contributed by atoms with Crippen LogP contribution in [0.3, 0.4) is 0 Å². The lowest BCUT2D eigenvalue weighted by molar-refractivity contribution is -0.122. The number of hydrogen-bond donors (Lipinski definition) is 1. The molecule has 0 bridgehead atoms. The van der Waals surface area contributed by atoms with Gasteiger partial charge in [-0.2, -0.15) is 5.10 Å². The van der Waals surface area contributed by atoms with Crippen LogP contribution in [-0.2, 0) is 4.79 Å². The van der Waals surface area contributed by atoms with Crippen LogP contribution in [-0.4, -0.2) is 62.0 Å². The highest BCUT2D eigenvalue weighted by atomic mass is 19.1. The molecule has 5 rings (SSSR count). The molecule has 0 aromatic heterocycles. The van der Waals surface area contributed by atoms with E-state index in [2.05, 4.69) is 34.3 Å². The number of anilines is 2. The molecular weight excluding hydrogens is 397 g/mol. The first kappa shape index (κ1) is 19.8. The third-order valence-electron chi connectivity index (χ3n) is 6.50. The van der Waals surface area contributed by atoms with Crippen molar-refractivity contribution in [3.05, 3.63) is 42.2 Å². The van der Waals surface area contributed by atoms with E-state index in [1.165, 1.54) is 6.07 Å². The summed E-state index contributed by atoms with van der Waals surface area (Å²) in [5.74, 6) is 0.861. The number of amidine groups is 1. The predicted molar refractivity (Wildman–Crippen MR) is 119 cm³/mol. The minimum Gasteiger partial charge on any atom is -0.483 e. The number of amides is 1. The van der Waals surface area contributed by atoms with Crippen molar-refractivity contribution in [3.8, 4) is 16.9 Å². The van der Waals surface area contributed by atoms with E-state index in [9.17, 15) is 9.18 Å². The Hall–Kier alpha value is -3.13. The third-order valence-corrected chi connectivity index (χ3v) is 6.50. The van der Waals surface area contributed by atoms with Gasteiger partial charge in [-0.3, -0.25) is 4.79 Å². The van der Waals surface area contributed by atoms with Crippen molar-refractivity contribution >= 4 is 23.1 Å². The predicted octanol–water partition coefficient (Wildman–Crippen LogP) is 2.66. The number of ether oxygens (including phenoxy) is 1. The van der Waals surface area contributed by atoms with E-state index in [1.807, 2.05) is 30.0 Å². The SMILES string of the molecule is CC1CN(c2cc3c(cc2-c2ccccc2F)OCC2=NNC(=O)C(C)N23)CCN1C. The average Bonchev–Trinajstić information content (AvgIpc) is 2.77. The molecule has 0 radical (unpaired) electrons. The van der Waals surface area contributed by atoms with Crippen molar-refractivity contribution in [1.82, 2.24) is 10.3 Å². The van der Waals surface area contributed by atoms with Gasteiger partial charge in [0.2, 0.25) is 0 Å². The standard InChI is InChI=1S/C23H26FN5O2/c1-14-12-28(9-8-27(14)3)19-11-20-21(10-17(19)16-6-4-5-7-18(16)24)31-13-22-25-26-23(30)15(2)29(20)22/h4-7,10-11,14-15H,8-9,12-13H2,1-3H3,(H,26,30). The second-order valence-corrected chi connectivity index (χ2v) is 8.43. The summed E-state index contributed by atoms with van der Waals surface area (Å²) in [5, 5.41) is 4.18. The van der Waals surface area contributed by atoms with E-state index < -0.39 is 6.04 Å². The smallest absolute Gasteiger partial charge is 0.262 e. The lowest BCUT2D eigenvalue weighted by atomic mass is 9.98. The molecule has 0 spiro atoms. The van der Waals surface area contributed by atoms with Crippen LogP contribution < -0.4 is 20.0 Å². The molecule has 2 aromatic rings. The topological polar surface area (TPSA) is 60.4 Å². The Kier molecular flexibility index (Phi) is 4.81. The summed E-state index contributed by atoms with van der Waals surface area (Å²) in [6, 6.07) is 10.7. The minimum atomic E-state index is -0.409. The molecule has 2 unspecified atom stereocenters. The zero-order chi connectivity index (χ0) is 21.7. The van der Waals surface area contributed by atoms with Crippen LogP contribution in [0.15, 0.2) is 41.5 Å². The first-order valence-corrected chi connectivity index (χ1v) is 10.6. The van der Waals surface area contributed by atoms with Crippen molar-refractivity contribution in [1.29, 1.82) is 0 Å². The van der Waals surface area contributed by atoms with Crippen molar-refractivity contribution in [2.75, 3.05) is 43.1 Å². The highest BCUT2D eigenvalue weighted by molar-refractivity contribution is 6.10. The van der Waals surface area contributed by atoms with E-state index in [4.69, 9.17) is 4.74 Å². The van der Waals surface area contributed by atoms with Crippen molar-refractivity contribution < 1.29 is 13.9 Å². The van der Waals surface area contributed by atoms with Crippen LogP contribution in [0.5, 0.6) is 5.75 Å². The van der Waals surface area contributed by atoms with Crippen LogP contribution in [0.2, 0.25) is 0 Å². The van der Waals surface area contributed by atoms with E-state index in [0.717, 1.165) is 36.6 Å². The summed E-state index contributed by atoms with van der Waals surface area (Å²) >= 11 is 0. The molecule has 1 fully saturated rings. The molecule has 1 saturated heterocycles. The van der Waals surface area contributed by atoms with Crippen LogP contribution in [0.4, 0.5) is 15.8 Å². The van der Waals surface area contributed by atoms with Gasteiger partial charge in [-0.1, -0.05) is 18.2 Å². The number of carbonyl (C=O) groups is 1. The summed E-state index contributed by atoms with van der Waals surface area (Å²) in [5.41, 5.74) is 5.62. The summed E-state index contributed by atoms with van der Waals surface area (Å²) in [6.45, 7) is 6.87. The highest BCUT2D eigenvalue weighted by Gasteiger charge is 2.36. The summed E-state index contributed by atoms with van der Waals surface area (Å²) in [6.07, 6.45) is 0. The monoisotopic (exact) mass is 423 g/mol. The fourth-order valence-electron chi connectivity index (χ4n) is 4.48. The lowest BCUT2D eigenvalue weighted by Gasteiger charge is -2.42. The fraction of sp³-hybridized carbons (Fsp3) is 0.391. The number of fused-ring (bicyclic) bond motifs is 3. The van der Waals surface area contributed by atoms with Crippen LogP contribution in [0.1, 0.15) is 13.8 Å². The van der Waals surface area contributed by atoms with E-state index in [-0.39, 0.29) is 18.3 Å². The second kappa shape index (κ2) is 7.53. The number of rotatable bonds is 2. The molecule has 0 saturated carbocycles. The van der Waals surface area contributed by atoms with E-state index in [1.54, 1.807) is 12.1 Å². The molecule has 8 heteroatoms. The second-order valence-electron chi connectivity index (χ2n) is 8.43. The Balaban J connectivity index is 1.68. The molecule has 3 heterocycles. The van der Waals surface area contributed by atoms with Crippen LogP contribution in [0, 0.1) is 5.82 Å². The van der Waals surface area contributed by atoms with Gasteiger partial charge in [0.05, 0.1) is 5.69 Å². The maximum atomic E-state index is 14.8. The quantitative estimate of drug-likeness (QED) is 0.805. The van der Waals surface area contributed by atoms with Gasteiger partial charge < -0.3 is 19.4 Å².